The van der Waals surface area contributed by atoms with Crippen LogP contribution in [-0.2, 0) is 6.42 Å². The normalized spacial score (nSPS) is 10.1. The molecule has 1 heterocycles. The van der Waals surface area contributed by atoms with E-state index in [-0.39, 0.29) is 6.03 Å². The number of rotatable bonds is 6. The van der Waals surface area contributed by atoms with Crippen molar-refractivity contribution >= 4 is 6.03 Å². The van der Waals surface area contributed by atoms with E-state index in [1.807, 2.05) is 20.0 Å². The molecule has 1 aromatic heterocycles. The number of aromatic nitrogens is 2. The molecule has 3 N–H and O–H groups in total. The maximum absolute atomic E-state index is 11.2. The predicted molar refractivity (Wildman–Crippen MR) is 63.3 cm³/mol. The molecule has 5 nitrogen and oxygen atoms in total. The molecular formula is C11H20N4O. The lowest BCUT2D eigenvalue weighted by molar-refractivity contribution is 0.241. The van der Waals surface area contributed by atoms with E-state index in [9.17, 15) is 4.79 Å². The molecule has 0 radical (unpaired) electrons. The lowest BCUT2D eigenvalue weighted by atomic mass is 10.1. The summed E-state index contributed by atoms with van der Waals surface area (Å²) >= 11 is 0. The first-order chi connectivity index (χ1) is 7.74. The molecule has 0 spiro atoms. The van der Waals surface area contributed by atoms with Crippen molar-refractivity contribution in [2.24, 2.45) is 0 Å². The summed E-state index contributed by atoms with van der Waals surface area (Å²) in [5.74, 6) is 0. The zero-order chi connectivity index (χ0) is 11.8. The molecule has 0 unspecified atom stereocenters. The highest BCUT2D eigenvalue weighted by Gasteiger charge is 2.01. The maximum Gasteiger partial charge on any atom is 0.314 e. The number of aromatic amines is 1. The summed E-state index contributed by atoms with van der Waals surface area (Å²) in [6.07, 6.45) is 4.67. The fraction of sp³-hybridized carbons (Fsp3) is 0.636. The van der Waals surface area contributed by atoms with E-state index in [2.05, 4.69) is 20.8 Å². The first kappa shape index (κ1) is 12.5. The first-order valence-electron chi connectivity index (χ1n) is 5.74. The minimum atomic E-state index is -0.0780. The third kappa shape index (κ3) is 4.33. The number of aryl methyl sites for hydroxylation is 2. The van der Waals surface area contributed by atoms with Gasteiger partial charge in [-0.05, 0) is 31.7 Å². The van der Waals surface area contributed by atoms with Crippen molar-refractivity contribution in [2.45, 2.75) is 33.1 Å². The van der Waals surface area contributed by atoms with Gasteiger partial charge in [0, 0.05) is 18.8 Å². The van der Waals surface area contributed by atoms with Crippen molar-refractivity contribution < 1.29 is 4.79 Å². The van der Waals surface area contributed by atoms with Crippen molar-refractivity contribution in [3.05, 3.63) is 17.5 Å². The van der Waals surface area contributed by atoms with Gasteiger partial charge in [-0.15, -0.1) is 0 Å². The van der Waals surface area contributed by atoms with E-state index in [0.29, 0.717) is 6.54 Å². The van der Waals surface area contributed by atoms with E-state index in [1.54, 1.807) is 0 Å². The molecular weight excluding hydrogens is 204 g/mol. The maximum atomic E-state index is 11.2. The number of amides is 2. The highest BCUT2D eigenvalue weighted by molar-refractivity contribution is 5.73. The molecule has 1 aromatic rings. The molecule has 0 saturated carbocycles. The molecule has 0 fully saturated rings. The molecule has 0 bridgehead atoms. The van der Waals surface area contributed by atoms with Crippen LogP contribution in [0.2, 0.25) is 0 Å². The van der Waals surface area contributed by atoms with Crippen LogP contribution in [0.5, 0.6) is 0 Å². The van der Waals surface area contributed by atoms with Gasteiger partial charge < -0.3 is 10.6 Å². The molecule has 16 heavy (non-hydrogen) atoms. The Morgan fingerprint density at radius 3 is 2.81 bits per heavy atom. The summed E-state index contributed by atoms with van der Waals surface area (Å²) in [6, 6.07) is -0.0780. The van der Waals surface area contributed by atoms with Crippen LogP contribution in [0.15, 0.2) is 6.20 Å². The van der Waals surface area contributed by atoms with Crippen molar-refractivity contribution in [2.75, 3.05) is 13.1 Å². The summed E-state index contributed by atoms with van der Waals surface area (Å²) in [6.45, 7) is 5.46. The Bertz CT molecular complexity index is 322. The van der Waals surface area contributed by atoms with Gasteiger partial charge >= 0.3 is 6.03 Å². The van der Waals surface area contributed by atoms with Gasteiger partial charge in [-0.3, -0.25) is 5.10 Å². The Hall–Kier alpha value is -1.52. The van der Waals surface area contributed by atoms with Crippen LogP contribution in [-0.4, -0.2) is 29.3 Å². The highest BCUT2D eigenvalue weighted by atomic mass is 16.2. The van der Waals surface area contributed by atoms with Gasteiger partial charge in [-0.1, -0.05) is 6.92 Å². The standard InChI is InChI=1S/C11H20N4O/c1-3-6-12-11(16)13-7-4-5-10-8-14-15-9(10)2/h8H,3-7H2,1-2H3,(H,14,15)(H2,12,13,16). The Kier molecular flexibility index (Phi) is 5.39. The second-order valence-electron chi connectivity index (χ2n) is 3.81. The van der Waals surface area contributed by atoms with E-state index in [4.69, 9.17) is 0 Å². The summed E-state index contributed by atoms with van der Waals surface area (Å²) in [4.78, 5) is 11.2. The van der Waals surface area contributed by atoms with Crippen LogP contribution >= 0.6 is 0 Å². The monoisotopic (exact) mass is 224 g/mol. The van der Waals surface area contributed by atoms with Gasteiger partial charge in [-0.25, -0.2) is 4.79 Å². The average molecular weight is 224 g/mol. The number of hydrogen-bond acceptors (Lipinski definition) is 2. The largest absolute Gasteiger partial charge is 0.338 e. The fourth-order valence-corrected chi connectivity index (χ4v) is 1.41. The quantitative estimate of drug-likeness (QED) is 0.638. The van der Waals surface area contributed by atoms with Crippen LogP contribution in [0.25, 0.3) is 0 Å². The van der Waals surface area contributed by atoms with Gasteiger partial charge in [-0.2, -0.15) is 5.10 Å². The van der Waals surface area contributed by atoms with Gasteiger partial charge in [0.25, 0.3) is 0 Å². The van der Waals surface area contributed by atoms with E-state index in [0.717, 1.165) is 31.5 Å². The zero-order valence-corrected chi connectivity index (χ0v) is 9.97. The van der Waals surface area contributed by atoms with Crippen molar-refractivity contribution in [3.8, 4) is 0 Å². The molecule has 0 aliphatic heterocycles. The lowest BCUT2D eigenvalue weighted by Gasteiger charge is -2.05. The molecule has 5 heteroatoms. The smallest absolute Gasteiger partial charge is 0.314 e. The molecule has 0 aliphatic rings. The number of H-pyrrole nitrogens is 1. The average Bonchev–Trinajstić information content (AvgIpc) is 2.67. The fourth-order valence-electron chi connectivity index (χ4n) is 1.41. The second-order valence-corrected chi connectivity index (χ2v) is 3.81. The minimum absolute atomic E-state index is 0.0780. The van der Waals surface area contributed by atoms with Crippen LogP contribution in [0.1, 0.15) is 31.0 Å². The lowest BCUT2D eigenvalue weighted by Crippen LogP contribution is -2.36. The Balaban J connectivity index is 2.08. The number of nitrogens with zero attached hydrogens (tertiary/aromatic N) is 1. The predicted octanol–water partition coefficient (Wildman–Crippen LogP) is 1.36. The second kappa shape index (κ2) is 6.87. The number of nitrogens with one attached hydrogen (secondary N) is 3. The topological polar surface area (TPSA) is 69.8 Å². The van der Waals surface area contributed by atoms with Crippen molar-refractivity contribution in [1.82, 2.24) is 20.8 Å². The van der Waals surface area contributed by atoms with E-state index < -0.39 is 0 Å². The number of carbonyl (C=O) groups excluding carboxylic acids is 1. The van der Waals surface area contributed by atoms with Crippen LogP contribution in [0, 0.1) is 6.92 Å². The molecule has 0 saturated heterocycles. The van der Waals surface area contributed by atoms with Gasteiger partial charge in [0.1, 0.15) is 0 Å². The summed E-state index contributed by atoms with van der Waals surface area (Å²) in [5.41, 5.74) is 2.33. The summed E-state index contributed by atoms with van der Waals surface area (Å²) in [5, 5.41) is 12.4. The van der Waals surface area contributed by atoms with Gasteiger partial charge in [0.05, 0.1) is 6.20 Å². The highest BCUT2D eigenvalue weighted by Crippen LogP contribution is 2.04. The molecule has 0 aliphatic carbocycles. The van der Waals surface area contributed by atoms with Crippen LogP contribution in [0.3, 0.4) is 0 Å². The Morgan fingerprint density at radius 1 is 1.44 bits per heavy atom. The van der Waals surface area contributed by atoms with Crippen LogP contribution < -0.4 is 10.6 Å². The third-order valence-electron chi connectivity index (χ3n) is 2.38. The number of urea groups is 1. The number of carbonyl (C=O) groups is 1. The van der Waals surface area contributed by atoms with E-state index >= 15 is 0 Å². The molecule has 90 valence electrons. The van der Waals surface area contributed by atoms with Crippen LogP contribution in [0.4, 0.5) is 4.79 Å². The molecule has 1 rings (SSSR count). The van der Waals surface area contributed by atoms with Gasteiger partial charge in [0.2, 0.25) is 0 Å². The molecule has 0 atom stereocenters. The molecule has 0 aromatic carbocycles. The third-order valence-corrected chi connectivity index (χ3v) is 2.38. The van der Waals surface area contributed by atoms with E-state index in [1.165, 1.54) is 5.56 Å². The zero-order valence-electron chi connectivity index (χ0n) is 9.97. The SMILES string of the molecule is CCCNC(=O)NCCCc1cn[nH]c1C. The van der Waals surface area contributed by atoms with Crippen molar-refractivity contribution in [3.63, 3.8) is 0 Å². The summed E-state index contributed by atoms with van der Waals surface area (Å²) in [7, 11) is 0. The van der Waals surface area contributed by atoms with Crippen molar-refractivity contribution in [1.29, 1.82) is 0 Å². The first-order valence-corrected chi connectivity index (χ1v) is 5.74. The minimum Gasteiger partial charge on any atom is -0.338 e. The Morgan fingerprint density at radius 2 is 2.19 bits per heavy atom. The molecule has 2 amide bonds. The number of hydrogen-bond donors (Lipinski definition) is 3. The van der Waals surface area contributed by atoms with Gasteiger partial charge in [0.15, 0.2) is 0 Å². The Labute approximate surface area is 96.0 Å². The summed E-state index contributed by atoms with van der Waals surface area (Å²) < 4.78 is 0.